The highest BCUT2D eigenvalue weighted by Crippen LogP contribution is 2.13. The molecule has 0 radical (unpaired) electrons. The topological polar surface area (TPSA) is 83.9 Å². The summed E-state index contributed by atoms with van der Waals surface area (Å²) in [4.78, 5) is 11.4. The van der Waals surface area contributed by atoms with E-state index in [-0.39, 0.29) is 11.6 Å². The van der Waals surface area contributed by atoms with E-state index < -0.39 is 4.92 Å². The molecule has 0 spiro atoms. The predicted molar refractivity (Wildman–Crippen MR) is 62.4 cm³/mol. The summed E-state index contributed by atoms with van der Waals surface area (Å²) in [5.41, 5.74) is 2.57. The molecule has 0 saturated carbocycles. The van der Waals surface area contributed by atoms with E-state index in [1.165, 1.54) is 18.3 Å². The highest BCUT2D eigenvalue weighted by Gasteiger charge is 2.10. The molecule has 1 N–H and O–H groups in total. The van der Waals surface area contributed by atoms with E-state index in [4.69, 9.17) is 16.6 Å². The molecule has 0 aliphatic heterocycles. The van der Waals surface area contributed by atoms with E-state index in [1.54, 1.807) is 19.0 Å². The Balaban J connectivity index is 2.56. The van der Waals surface area contributed by atoms with Gasteiger partial charge in [0, 0.05) is 14.1 Å². The Morgan fingerprint density at radius 3 is 2.88 bits per heavy atom. The van der Waals surface area contributed by atoms with Gasteiger partial charge in [0.2, 0.25) is 0 Å². The molecule has 0 amide bonds. The van der Waals surface area contributed by atoms with Crippen molar-refractivity contribution in [2.24, 2.45) is 5.10 Å². The van der Waals surface area contributed by atoms with Crippen LogP contribution in [0.5, 0.6) is 0 Å². The van der Waals surface area contributed by atoms with Crippen LogP contribution in [0.3, 0.4) is 0 Å². The molecule has 1 rings (SSSR count). The minimum atomic E-state index is -0.616. The lowest BCUT2D eigenvalue weighted by molar-refractivity contribution is -0.402. The molecular weight excluding hydrogens is 232 g/mol. The number of furan rings is 1. The SMILES string of the molecule is CN(C)C(=S)N/N=C\c1ccc([N+](=O)[O-])o1. The molecule has 0 saturated heterocycles. The molecule has 7 nitrogen and oxygen atoms in total. The fourth-order valence-electron chi connectivity index (χ4n) is 0.761. The van der Waals surface area contributed by atoms with Crippen molar-refractivity contribution in [3.63, 3.8) is 0 Å². The number of nitrogens with one attached hydrogen (secondary N) is 1. The van der Waals surface area contributed by atoms with Crippen LogP contribution >= 0.6 is 12.2 Å². The van der Waals surface area contributed by atoms with Gasteiger partial charge in [-0.2, -0.15) is 5.10 Å². The van der Waals surface area contributed by atoms with Gasteiger partial charge >= 0.3 is 5.88 Å². The number of thiocarbonyl (C=S) groups is 1. The van der Waals surface area contributed by atoms with Crippen LogP contribution in [0.4, 0.5) is 5.88 Å². The van der Waals surface area contributed by atoms with Gasteiger partial charge in [-0.3, -0.25) is 15.5 Å². The Morgan fingerprint density at radius 2 is 2.38 bits per heavy atom. The van der Waals surface area contributed by atoms with Gasteiger partial charge in [-0.25, -0.2) is 0 Å². The molecule has 0 atom stereocenters. The van der Waals surface area contributed by atoms with Gasteiger partial charge in [0.15, 0.2) is 10.9 Å². The summed E-state index contributed by atoms with van der Waals surface area (Å²) in [5, 5.41) is 14.5. The molecule has 1 aromatic rings. The number of nitro groups is 1. The second kappa shape index (κ2) is 5.21. The molecule has 0 aliphatic carbocycles. The molecule has 0 unspecified atom stereocenters. The first-order valence-corrected chi connectivity index (χ1v) is 4.66. The molecule has 1 heterocycles. The third kappa shape index (κ3) is 3.31. The maximum absolute atomic E-state index is 10.3. The zero-order valence-corrected chi connectivity index (χ0v) is 9.52. The van der Waals surface area contributed by atoms with Crippen LogP contribution in [0.15, 0.2) is 21.7 Å². The van der Waals surface area contributed by atoms with Gasteiger partial charge < -0.3 is 9.32 Å². The summed E-state index contributed by atoms with van der Waals surface area (Å²) < 4.78 is 4.84. The van der Waals surface area contributed by atoms with Crippen molar-refractivity contribution in [2.75, 3.05) is 14.1 Å². The summed E-state index contributed by atoms with van der Waals surface area (Å²) in [7, 11) is 3.53. The van der Waals surface area contributed by atoms with Crippen molar-refractivity contribution in [3.05, 3.63) is 28.0 Å². The maximum atomic E-state index is 10.3. The van der Waals surface area contributed by atoms with Crippen molar-refractivity contribution < 1.29 is 9.34 Å². The fraction of sp³-hybridized carbons (Fsp3) is 0.250. The van der Waals surface area contributed by atoms with Gasteiger partial charge in [-0.1, -0.05) is 0 Å². The lowest BCUT2D eigenvalue weighted by Gasteiger charge is -2.11. The highest BCUT2D eigenvalue weighted by molar-refractivity contribution is 7.80. The van der Waals surface area contributed by atoms with Crippen molar-refractivity contribution in [1.29, 1.82) is 0 Å². The molecule has 86 valence electrons. The molecule has 0 aliphatic rings. The zero-order valence-electron chi connectivity index (χ0n) is 8.71. The van der Waals surface area contributed by atoms with Crippen LogP contribution in [-0.4, -0.2) is 35.2 Å². The molecule has 8 heteroatoms. The zero-order chi connectivity index (χ0) is 12.1. The minimum Gasteiger partial charge on any atom is -0.400 e. The molecular formula is C8H10N4O3S. The number of hydrogen-bond donors (Lipinski definition) is 1. The number of rotatable bonds is 3. The number of hydrogen-bond acceptors (Lipinski definition) is 5. The van der Waals surface area contributed by atoms with Gasteiger partial charge in [0.1, 0.15) is 4.92 Å². The first kappa shape index (κ1) is 12.1. The summed E-state index contributed by atoms with van der Waals surface area (Å²) >= 11 is 4.90. The summed E-state index contributed by atoms with van der Waals surface area (Å²) in [6.07, 6.45) is 1.31. The molecule has 16 heavy (non-hydrogen) atoms. The van der Waals surface area contributed by atoms with Crippen molar-refractivity contribution in [1.82, 2.24) is 10.3 Å². The summed E-state index contributed by atoms with van der Waals surface area (Å²) in [6.45, 7) is 0. The Labute approximate surface area is 96.9 Å². The van der Waals surface area contributed by atoms with Crippen molar-refractivity contribution in [2.45, 2.75) is 0 Å². The Hall–Kier alpha value is -1.96. The molecule has 0 bridgehead atoms. The van der Waals surface area contributed by atoms with Crippen LogP contribution in [0.25, 0.3) is 0 Å². The Bertz CT molecular complexity index is 427. The molecule has 0 fully saturated rings. The lowest BCUT2D eigenvalue weighted by Crippen LogP contribution is -2.30. The van der Waals surface area contributed by atoms with Crippen LogP contribution in [0.1, 0.15) is 5.76 Å². The van der Waals surface area contributed by atoms with E-state index in [0.29, 0.717) is 5.11 Å². The first-order valence-electron chi connectivity index (χ1n) is 4.25. The van der Waals surface area contributed by atoms with Crippen LogP contribution < -0.4 is 5.43 Å². The second-order valence-electron chi connectivity index (χ2n) is 3.00. The summed E-state index contributed by atoms with van der Waals surface area (Å²) in [6, 6.07) is 2.70. The standard InChI is InChI=1S/C8H10N4O3S/c1-11(2)8(16)10-9-5-6-3-4-7(15-6)12(13)14/h3-5H,1-2H3,(H,10,16)/b9-5-. The third-order valence-electron chi connectivity index (χ3n) is 1.55. The predicted octanol–water partition coefficient (Wildman–Crippen LogP) is 0.958. The van der Waals surface area contributed by atoms with Gasteiger partial charge in [0.25, 0.3) is 0 Å². The average Bonchev–Trinajstić information content (AvgIpc) is 2.66. The summed E-state index contributed by atoms with van der Waals surface area (Å²) in [5.74, 6) is -0.0441. The minimum absolute atomic E-state index is 0.278. The normalized spacial score (nSPS) is 10.4. The van der Waals surface area contributed by atoms with E-state index in [9.17, 15) is 10.1 Å². The lowest BCUT2D eigenvalue weighted by atomic mass is 10.5. The third-order valence-corrected chi connectivity index (χ3v) is 2.01. The van der Waals surface area contributed by atoms with Crippen LogP contribution in [0, 0.1) is 10.1 Å². The largest absolute Gasteiger partial charge is 0.433 e. The number of hydrazone groups is 1. The maximum Gasteiger partial charge on any atom is 0.433 e. The quantitative estimate of drug-likeness (QED) is 0.368. The number of nitrogens with zero attached hydrogens (tertiary/aromatic N) is 3. The molecule has 0 aromatic carbocycles. The first-order chi connectivity index (χ1) is 7.50. The van der Waals surface area contributed by atoms with Gasteiger partial charge in [-0.15, -0.1) is 0 Å². The van der Waals surface area contributed by atoms with Crippen molar-refractivity contribution >= 4 is 29.4 Å². The monoisotopic (exact) mass is 242 g/mol. The Kier molecular flexibility index (Phi) is 3.95. The fourth-order valence-corrected chi connectivity index (χ4v) is 0.814. The second-order valence-corrected chi connectivity index (χ2v) is 3.39. The highest BCUT2D eigenvalue weighted by atomic mass is 32.1. The average molecular weight is 242 g/mol. The molecule has 1 aromatic heterocycles. The van der Waals surface area contributed by atoms with E-state index in [1.807, 2.05) is 0 Å². The van der Waals surface area contributed by atoms with Crippen LogP contribution in [0.2, 0.25) is 0 Å². The van der Waals surface area contributed by atoms with Crippen LogP contribution in [-0.2, 0) is 0 Å². The van der Waals surface area contributed by atoms with E-state index >= 15 is 0 Å². The Morgan fingerprint density at radius 1 is 1.69 bits per heavy atom. The van der Waals surface area contributed by atoms with Crippen molar-refractivity contribution in [3.8, 4) is 0 Å². The van der Waals surface area contributed by atoms with E-state index in [2.05, 4.69) is 10.5 Å². The van der Waals surface area contributed by atoms with E-state index in [0.717, 1.165) is 0 Å². The van der Waals surface area contributed by atoms with Gasteiger partial charge in [-0.05, 0) is 18.3 Å². The van der Waals surface area contributed by atoms with Gasteiger partial charge in [0.05, 0.1) is 12.3 Å². The smallest absolute Gasteiger partial charge is 0.400 e.